The topological polar surface area (TPSA) is 62.1 Å². The van der Waals surface area contributed by atoms with Crippen molar-refractivity contribution in [2.45, 2.75) is 0 Å². The molecule has 1 heterocycles. The minimum Gasteiger partial charge on any atom is -0.503 e. The van der Waals surface area contributed by atoms with E-state index < -0.39 is 0 Å². The SMILES string of the molecule is C=CCN1C(=O)/C(=C\c2cc(Br)c(O)c(OC)c2)SC1=Nc1ccccc1. The van der Waals surface area contributed by atoms with Gasteiger partial charge >= 0.3 is 0 Å². The number of amides is 1. The minimum atomic E-state index is -0.141. The van der Waals surface area contributed by atoms with Crippen LogP contribution in [0.25, 0.3) is 6.08 Å². The van der Waals surface area contributed by atoms with Gasteiger partial charge in [-0.05, 0) is 63.6 Å². The Bertz CT molecular complexity index is 942. The van der Waals surface area contributed by atoms with Crippen LogP contribution in [0.5, 0.6) is 11.5 Å². The molecule has 27 heavy (non-hydrogen) atoms. The van der Waals surface area contributed by atoms with Gasteiger partial charge in [-0.2, -0.15) is 0 Å². The third-order valence-corrected chi connectivity index (χ3v) is 5.36. The summed E-state index contributed by atoms with van der Waals surface area (Å²) in [5, 5.41) is 10.5. The number of benzene rings is 2. The fraction of sp³-hybridized carbons (Fsp3) is 0.100. The second-order valence-corrected chi connectivity index (χ2v) is 7.46. The molecule has 1 aliphatic heterocycles. The highest BCUT2D eigenvalue weighted by molar-refractivity contribution is 9.10. The van der Waals surface area contributed by atoms with Crippen molar-refractivity contribution >= 4 is 50.5 Å². The standard InChI is InChI=1S/C20H17BrN2O3S/c1-3-9-23-19(25)17(27-20(23)22-14-7-5-4-6-8-14)12-13-10-15(21)18(24)16(11-13)26-2/h3-8,10-12,24H,1,9H2,2H3/b17-12+,22-20?. The molecule has 0 aromatic heterocycles. The van der Waals surface area contributed by atoms with Crippen molar-refractivity contribution in [3.8, 4) is 11.5 Å². The molecule has 1 fully saturated rings. The molecule has 7 heteroatoms. The molecule has 1 N–H and O–H groups in total. The number of thioether (sulfide) groups is 1. The Morgan fingerprint density at radius 1 is 1.33 bits per heavy atom. The number of methoxy groups -OCH3 is 1. The van der Waals surface area contributed by atoms with Gasteiger partial charge in [0.1, 0.15) is 0 Å². The fourth-order valence-corrected chi connectivity index (χ4v) is 3.95. The van der Waals surface area contributed by atoms with Gasteiger partial charge < -0.3 is 9.84 Å². The van der Waals surface area contributed by atoms with Gasteiger partial charge in [0.25, 0.3) is 5.91 Å². The first-order valence-electron chi connectivity index (χ1n) is 8.06. The summed E-state index contributed by atoms with van der Waals surface area (Å²) >= 11 is 4.60. The molecule has 2 aromatic carbocycles. The predicted octanol–water partition coefficient (Wildman–Crippen LogP) is 4.95. The van der Waals surface area contributed by atoms with Crippen LogP contribution in [0, 0.1) is 0 Å². The number of phenolic OH excluding ortho intramolecular Hbond substituents is 1. The smallest absolute Gasteiger partial charge is 0.267 e. The van der Waals surface area contributed by atoms with E-state index in [9.17, 15) is 9.90 Å². The van der Waals surface area contributed by atoms with Crippen LogP contribution >= 0.6 is 27.7 Å². The Balaban J connectivity index is 1.98. The monoisotopic (exact) mass is 444 g/mol. The highest BCUT2D eigenvalue weighted by Gasteiger charge is 2.32. The summed E-state index contributed by atoms with van der Waals surface area (Å²) in [5.41, 5.74) is 1.50. The lowest BCUT2D eigenvalue weighted by Gasteiger charge is -2.12. The van der Waals surface area contributed by atoms with E-state index in [1.807, 2.05) is 30.3 Å². The van der Waals surface area contributed by atoms with Gasteiger partial charge in [0, 0.05) is 6.54 Å². The van der Waals surface area contributed by atoms with Crippen LogP contribution in [-0.2, 0) is 4.79 Å². The van der Waals surface area contributed by atoms with Gasteiger partial charge in [-0.3, -0.25) is 9.69 Å². The van der Waals surface area contributed by atoms with E-state index in [1.54, 1.807) is 29.2 Å². The lowest BCUT2D eigenvalue weighted by atomic mass is 10.2. The second kappa shape index (κ2) is 8.45. The number of ether oxygens (including phenoxy) is 1. The molecule has 3 rings (SSSR count). The average Bonchev–Trinajstić information content (AvgIpc) is 2.94. The molecule has 0 aliphatic carbocycles. The highest BCUT2D eigenvalue weighted by Crippen LogP contribution is 2.38. The Labute approximate surface area is 170 Å². The Kier molecular flexibility index (Phi) is 6.03. The van der Waals surface area contributed by atoms with Crippen molar-refractivity contribution in [3.05, 3.63) is 70.1 Å². The number of halogens is 1. The summed E-state index contributed by atoms with van der Waals surface area (Å²) in [6, 6.07) is 12.9. The third-order valence-electron chi connectivity index (χ3n) is 3.75. The van der Waals surface area contributed by atoms with Crippen LogP contribution in [0.15, 0.2) is 69.5 Å². The molecule has 5 nitrogen and oxygen atoms in total. The van der Waals surface area contributed by atoms with Gasteiger partial charge in [0.05, 0.1) is 22.2 Å². The van der Waals surface area contributed by atoms with Crippen molar-refractivity contribution in [1.29, 1.82) is 0 Å². The molecule has 0 radical (unpaired) electrons. The van der Waals surface area contributed by atoms with Gasteiger partial charge in [0.2, 0.25) is 0 Å². The molecule has 1 saturated heterocycles. The van der Waals surface area contributed by atoms with E-state index in [0.29, 0.717) is 26.8 Å². The maximum absolute atomic E-state index is 12.8. The van der Waals surface area contributed by atoms with E-state index in [4.69, 9.17) is 4.74 Å². The molecule has 0 atom stereocenters. The van der Waals surface area contributed by atoms with E-state index in [2.05, 4.69) is 27.5 Å². The zero-order valence-electron chi connectivity index (χ0n) is 14.6. The summed E-state index contributed by atoms with van der Waals surface area (Å²) in [6.45, 7) is 4.10. The zero-order chi connectivity index (χ0) is 19.4. The minimum absolute atomic E-state index is 0.0182. The summed E-state index contributed by atoms with van der Waals surface area (Å²) in [4.78, 5) is 19.5. The van der Waals surface area contributed by atoms with Gasteiger partial charge in [-0.15, -0.1) is 6.58 Å². The van der Waals surface area contributed by atoms with Gasteiger partial charge in [-0.1, -0.05) is 24.3 Å². The lowest BCUT2D eigenvalue weighted by molar-refractivity contribution is -0.121. The van der Waals surface area contributed by atoms with E-state index in [1.165, 1.54) is 18.9 Å². The summed E-state index contributed by atoms with van der Waals surface area (Å²) in [7, 11) is 1.48. The van der Waals surface area contributed by atoms with Crippen LogP contribution < -0.4 is 4.74 Å². The Morgan fingerprint density at radius 3 is 2.74 bits per heavy atom. The van der Waals surface area contributed by atoms with Gasteiger partial charge in [-0.25, -0.2) is 4.99 Å². The van der Waals surface area contributed by atoms with Crippen molar-refractivity contribution in [1.82, 2.24) is 4.90 Å². The number of nitrogens with zero attached hydrogens (tertiary/aromatic N) is 2. The average molecular weight is 445 g/mol. The molecule has 0 unspecified atom stereocenters. The summed E-state index contributed by atoms with van der Waals surface area (Å²) < 4.78 is 5.66. The predicted molar refractivity (Wildman–Crippen MR) is 113 cm³/mol. The second-order valence-electron chi connectivity index (χ2n) is 5.60. The number of rotatable bonds is 5. The third kappa shape index (κ3) is 4.26. The van der Waals surface area contributed by atoms with Crippen LogP contribution in [-0.4, -0.2) is 34.7 Å². The largest absolute Gasteiger partial charge is 0.503 e. The quantitative estimate of drug-likeness (QED) is 0.523. The number of hydrogen-bond acceptors (Lipinski definition) is 5. The number of amidine groups is 1. The Hall–Kier alpha value is -2.51. The number of aliphatic imine (C=N–C) groups is 1. The molecule has 1 aliphatic rings. The van der Waals surface area contributed by atoms with Crippen molar-refractivity contribution in [3.63, 3.8) is 0 Å². The van der Waals surface area contributed by atoms with Crippen LogP contribution in [0.2, 0.25) is 0 Å². The molecular formula is C20H17BrN2O3S. The van der Waals surface area contributed by atoms with E-state index in [-0.39, 0.29) is 11.7 Å². The van der Waals surface area contributed by atoms with Crippen molar-refractivity contribution < 1.29 is 14.6 Å². The van der Waals surface area contributed by atoms with Crippen LogP contribution in [0.3, 0.4) is 0 Å². The van der Waals surface area contributed by atoms with Crippen LogP contribution in [0.4, 0.5) is 5.69 Å². The summed E-state index contributed by atoms with van der Waals surface area (Å²) in [6.07, 6.45) is 3.42. The normalized spacial score (nSPS) is 17.0. The number of aromatic hydroxyl groups is 1. The van der Waals surface area contributed by atoms with E-state index in [0.717, 1.165) is 11.3 Å². The van der Waals surface area contributed by atoms with Crippen molar-refractivity contribution in [2.75, 3.05) is 13.7 Å². The number of carbonyl (C=O) groups is 1. The Morgan fingerprint density at radius 2 is 2.07 bits per heavy atom. The number of phenols is 1. The maximum atomic E-state index is 12.8. The summed E-state index contributed by atoms with van der Waals surface area (Å²) in [5.74, 6) is 0.204. The molecule has 138 valence electrons. The van der Waals surface area contributed by atoms with Gasteiger partial charge in [0.15, 0.2) is 16.7 Å². The van der Waals surface area contributed by atoms with Crippen molar-refractivity contribution in [2.24, 2.45) is 4.99 Å². The first-order chi connectivity index (χ1) is 13.0. The van der Waals surface area contributed by atoms with E-state index >= 15 is 0 Å². The lowest BCUT2D eigenvalue weighted by Crippen LogP contribution is -2.29. The molecule has 0 bridgehead atoms. The molecule has 2 aromatic rings. The fourth-order valence-electron chi connectivity index (χ4n) is 2.48. The first kappa shape index (κ1) is 19.3. The number of para-hydroxylation sites is 1. The molecule has 1 amide bonds. The maximum Gasteiger partial charge on any atom is 0.267 e. The van der Waals surface area contributed by atoms with Crippen LogP contribution in [0.1, 0.15) is 5.56 Å². The molecule has 0 spiro atoms. The molecule has 0 saturated carbocycles. The number of carbonyl (C=O) groups excluding carboxylic acids is 1. The highest BCUT2D eigenvalue weighted by atomic mass is 79.9. The molecular weight excluding hydrogens is 428 g/mol. The number of hydrogen-bond donors (Lipinski definition) is 1. The first-order valence-corrected chi connectivity index (χ1v) is 9.67. The zero-order valence-corrected chi connectivity index (χ0v) is 17.0.